The third-order valence-corrected chi connectivity index (χ3v) is 5.55. The molecule has 3 aromatic carbocycles. The van der Waals surface area contributed by atoms with E-state index in [0.29, 0.717) is 24.7 Å². The van der Waals surface area contributed by atoms with Crippen molar-refractivity contribution in [2.24, 2.45) is 0 Å². The van der Waals surface area contributed by atoms with Crippen molar-refractivity contribution in [3.8, 4) is 11.5 Å². The van der Waals surface area contributed by atoms with Crippen LogP contribution in [-0.4, -0.2) is 19.1 Å². The molecule has 6 heteroatoms. The van der Waals surface area contributed by atoms with Crippen LogP contribution in [0.25, 0.3) is 0 Å². The fourth-order valence-corrected chi connectivity index (χ4v) is 3.83. The fourth-order valence-electron chi connectivity index (χ4n) is 3.23. The predicted octanol–water partition coefficient (Wildman–Crippen LogP) is 6.02. The number of benzene rings is 3. The Hall–Kier alpha value is -2.83. The van der Waals surface area contributed by atoms with Crippen LogP contribution in [0.2, 0.25) is 0 Å². The summed E-state index contributed by atoms with van der Waals surface area (Å²) < 4.78 is 12.4. The highest BCUT2D eigenvalue weighted by Crippen LogP contribution is 2.37. The number of anilines is 1. The molecule has 0 aliphatic heterocycles. The number of amides is 1. The van der Waals surface area contributed by atoms with Gasteiger partial charge in [0.05, 0.1) is 11.1 Å². The monoisotopic (exact) mass is 496 g/mol. The highest BCUT2D eigenvalue weighted by atomic mass is 79.9. The predicted molar refractivity (Wildman–Crippen MR) is 132 cm³/mol. The van der Waals surface area contributed by atoms with Gasteiger partial charge in [-0.15, -0.1) is 0 Å². The maximum atomic E-state index is 12.3. The number of hydrogen-bond donors (Lipinski definition) is 2. The largest absolute Gasteiger partial charge is 0.490 e. The summed E-state index contributed by atoms with van der Waals surface area (Å²) in [6.45, 7) is 7.11. The van der Waals surface area contributed by atoms with Crippen LogP contribution in [0.3, 0.4) is 0 Å². The zero-order valence-electron chi connectivity index (χ0n) is 18.7. The molecule has 2 N–H and O–H groups in total. The number of rotatable bonds is 10. The molecule has 0 saturated heterocycles. The zero-order chi connectivity index (χ0) is 22.9. The molecule has 0 saturated carbocycles. The van der Waals surface area contributed by atoms with E-state index in [1.807, 2.05) is 68.4 Å². The highest BCUT2D eigenvalue weighted by Gasteiger charge is 2.15. The quantitative estimate of drug-likeness (QED) is 0.360. The van der Waals surface area contributed by atoms with Gasteiger partial charge in [0.2, 0.25) is 0 Å². The van der Waals surface area contributed by atoms with Gasteiger partial charge in [-0.3, -0.25) is 4.79 Å². The zero-order valence-corrected chi connectivity index (χ0v) is 20.2. The van der Waals surface area contributed by atoms with Gasteiger partial charge in [-0.25, -0.2) is 0 Å². The number of carbonyl (C=O) groups excluding carboxylic acids is 1. The maximum absolute atomic E-state index is 12.3. The number of carbonyl (C=O) groups is 1. The van der Waals surface area contributed by atoms with Crippen molar-refractivity contribution in [1.82, 2.24) is 5.32 Å². The van der Waals surface area contributed by atoms with E-state index in [0.717, 1.165) is 21.3 Å². The van der Waals surface area contributed by atoms with E-state index in [9.17, 15) is 4.79 Å². The van der Waals surface area contributed by atoms with Gasteiger partial charge in [-0.2, -0.15) is 0 Å². The van der Waals surface area contributed by atoms with Crippen molar-refractivity contribution in [3.63, 3.8) is 0 Å². The number of hydrogen-bond acceptors (Lipinski definition) is 4. The van der Waals surface area contributed by atoms with E-state index < -0.39 is 0 Å². The van der Waals surface area contributed by atoms with Crippen LogP contribution >= 0.6 is 15.9 Å². The molecule has 0 aromatic heterocycles. The van der Waals surface area contributed by atoms with E-state index in [-0.39, 0.29) is 18.6 Å². The Morgan fingerprint density at radius 3 is 2.44 bits per heavy atom. The second-order valence-electron chi connectivity index (χ2n) is 7.55. The van der Waals surface area contributed by atoms with Crippen molar-refractivity contribution >= 4 is 27.5 Å². The molecule has 0 spiro atoms. The van der Waals surface area contributed by atoms with Gasteiger partial charge in [0.25, 0.3) is 5.91 Å². The summed E-state index contributed by atoms with van der Waals surface area (Å²) in [5.74, 6) is 0.894. The second-order valence-corrected chi connectivity index (χ2v) is 8.41. The molecule has 1 unspecified atom stereocenters. The Kier molecular flexibility index (Phi) is 8.71. The summed E-state index contributed by atoms with van der Waals surface area (Å²) in [4.78, 5) is 12.3. The molecule has 32 heavy (non-hydrogen) atoms. The van der Waals surface area contributed by atoms with Crippen molar-refractivity contribution in [3.05, 3.63) is 87.9 Å². The molecule has 0 radical (unpaired) electrons. The lowest BCUT2D eigenvalue weighted by Crippen LogP contribution is -2.21. The number of nitrogens with one attached hydrogen (secondary N) is 2. The van der Waals surface area contributed by atoms with Gasteiger partial charge in [0.1, 0.15) is 0 Å². The summed E-state index contributed by atoms with van der Waals surface area (Å²) in [5.41, 5.74) is 4.16. The molecular weight excluding hydrogens is 468 g/mol. The third kappa shape index (κ3) is 6.84. The van der Waals surface area contributed by atoms with Crippen LogP contribution < -0.4 is 20.1 Å². The fraction of sp³-hybridized carbons (Fsp3) is 0.269. The molecule has 168 valence electrons. The van der Waals surface area contributed by atoms with E-state index in [2.05, 4.69) is 45.6 Å². The summed E-state index contributed by atoms with van der Waals surface area (Å²) >= 11 is 3.58. The van der Waals surface area contributed by atoms with Gasteiger partial charge >= 0.3 is 0 Å². The van der Waals surface area contributed by atoms with E-state index >= 15 is 0 Å². The average Bonchev–Trinajstić information content (AvgIpc) is 2.79. The molecule has 0 aliphatic rings. The van der Waals surface area contributed by atoms with Crippen molar-refractivity contribution in [2.45, 2.75) is 33.4 Å². The standard InChI is InChI=1S/C26H29BrN2O3/c1-4-31-24-15-20(16-28-19(3)21-8-6-5-7-9-21)14-23(27)26(24)32-17-25(30)29-22-12-10-18(2)11-13-22/h5-15,19,28H,4,16-17H2,1-3H3,(H,29,30). The van der Waals surface area contributed by atoms with Crippen LogP contribution in [0.15, 0.2) is 71.2 Å². The van der Waals surface area contributed by atoms with Gasteiger partial charge in [-0.1, -0.05) is 48.0 Å². The minimum absolute atomic E-state index is 0.116. The van der Waals surface area contributed by atoms with Gasteiger partial charge in [0.15, 0.2) is 18.1 Å². The summed E-state index contributed by atoms with van der Waals surface area (Å²) in [6, 6.07) is 22.1. The van der Waals surface area contributed by atoms with Crippen molar-refractivity contribution < 1.29 is 14.3 Å². The van der Waals surface area contributed by atoms with E-state index in [4.69, 9.17) is 9.47 Å². The van der Waals surface area contributed by atoms with Gasteiger partial charge in [0, 0.05) is 18.3 Å². The molecule has 3 aromatic rings. The molecule has 1 atom stereocenters. The SMILES string of the molecule is CCOc1cc(CNC(C)c2ccccc2)cc(Br)c1OCC(=O)Nc1ccc(C)cc1. The lowest BCUT2D eigenvalue weighted by Gasteiger charge is -2.18. The normalized spacial score (nSPS) is 11.6. The molecule has 0 bridgehead atoms. The highest BCUT2D eigenvalue weighted by molar-refractivity contribution is 9.10. The van der Waals surface area contributed by atoms with Gasteiger partial charge in [-0.05, 0) is 72.1 Å². The number of aryl methyl sites for hydroxylation is 1. The molecule has 0 heterocycles. The number of halogens is 1. The summed E-state index contributed by atoms with van der Waals surface area (Å²) in [6.07, 6.45) is 0. The van der Waals surface area contributed by atoms with Crippen LogP contribution in [0.5, 0.6) is 11.5 Å². The molecule has 1 amide bonds. The first-order chi connectivity index (χ1) is 15.5. The first-order valence-corrected chi connectivity index (χ1v) is 11.5. The molecular formula is C26H29BrN2O3. The lowest BCUT2D eigenvalue weighted by molar-refractivity contribution is -0.118. The Balaban J connectivity index is 1.64. The lowest BCUT2D eigenvalue weighted by atomic mass is 10.1. The van der Waals surface area contributed by atoms with Crippen LogP contribution in [0, 0.1) is 6.92 Å². The van der Waals surface area contributed by atoms with Crippen LogP contribution in [0.1, 0.15) is 36.6 Å². The first-order valence-electron chi connectivity index (χ1n) is 10.7. The summed E-state index contributed by atoms with van der Waals surface area (Å²) in [7, 11) is 0. The van der Waals surface area contributed by atoms with Gasteiger partial charge < -0.3 is 20.1 Å². The maximum Gasteiger partial charge on any atom is 0.262 e. The second kappa shape index (κ2) is 11.7. The van der Waals surface area contributed by atoms with E-state index in [1.54, 1.807) is 0 Å². The Bertz CT molecular complexity index is 1020. The topological polar surface area (TPSA) is 59.6 Å². The van der Waals surface area contributed by atoms with Crippen LogP contribution in [-0.2, 0) is 11.3 Å². The van der Waals surface area contributed by atoms with Crippen LogP contribution in [0.4, 0.5) is 5.69 Å². The molecule has 3 rings (SSSR count). The third-order valence-electron chi connectivity index (χ3n) is 4.96. The minimum atomic E-state index is -0.231. The van der Waals surface area contributed by atoms with E-state index in [1.165, 1.54) is 5.56 Å². The summed E-state index contributed by atoms with van der Waals surface area (Å²) in [5, 5.41) is 6.37. The molecule has 5 nitrogen and oxygen atoms in total. The first kappa shape index (κ1) is 23.8. The number of ether oxygens (including phenoxy) is 2. The Labute approximate surface area is 198 Å². The average molecular weight is 497 g/mol. The Morgan fingerprint density at radius 1 is 1.03 bits per heavy atom. The molecule has 0 fully saturated rings. The minimum Gasteiger partial charge on any atom is -0.490 e. The van der Waals surface area contributed by atoms with Crippen molar-refractivity contribution in [2.75, 3.05) is 18.5 Å². The smallest absolute Gasteiger partial charge is 0.262 e. The molecule has 0 aliphatic carbocycles. The Morgan fingerprint density at radius 2 is 1.75 bits per heavy atom. The van der Waals surface area contributed by atoms with Crippen molar-refractivity contribution in [1.29, 1.82) is 0 Å².